The highest BCUT2D eigenvalue weighted by molar-refractivity contribution is 7.91. The number of aryl methyl sites for hydroxylation is 1. The van der Waals surface area contributed by atoms with Crippen LogP contribution in [0, 0.1) is 22.2 Å². The molecule has 1 aliphatic carbocycles. The highest BCUT2D eigenvalue weighted by Crippen LogP contribution is 2.71. The highest BCUT2D eigenvalue weighted by Gasteiger charge is 2.68. The third kappa shape index (κ3) is 5.40. The first kappa shape index (κ1) is 26.5. The standard InChI is InChI=1S/C26H26ClF3N2O3S/c1-36(34,35)15-23(33)32-11-10-25(17-32)16-24(25,9-8-18-6-7-20(14-31)22(27)12-18)13-19-4-2-3-5-21(19)26(28,29)30/h2-7,12H,8-11,13,15-17H2,1H3/t24?,25-/m0/s1. The van der Waals surface area contributed by atoms with Crippen LogP contribution in [0.3, 0.4) is 0 Å². The molecule has 0 bridgehead atoms. The maximum absolute atomic E-state index is 13.8. The SMILES string of the molecule is CS(=O)(=O)CC(=O)N1CC[C@@]2(C1)CC2(CCc1ccc(C#N)c(Cl)c1)Cc1ccccc1C(F)(F)F. The Morgan fingerprint density at radius 2 is 1.94 bits per heavy atom. The molecule has 0 radical (unpaired) electrons. The third-order valence-electron chi connectivity index (χ3n) is 7.67. The van der Waals surface area contributed by atoms with Crippen LogP contribution >= 0.6 is 11.6 Å². The van der Waals surface area contributed by atoms with Crippen molar-refractivity contribution < 1.29 is 26.4 Å². The van der Waals surface area contributed by atoms with Crippen LogP contribution in [0.2, 0.25) is 5.02 Å². The minimum atomic E-state index is -4.48. The van der Waals surface area contributed by atoms with E-state index in [0.717, 1.165) is 17.9 Å². The Morgan fingerprint density at radius 3 is 2.58 bits per heavy atom. The summed E-state index contributed by atoms with van der Waals surface area (Å²) >= 11 is 6.18. The number of nitriles is 1. The van der Waals surface area contributed by atoms with Crippen molar-refractivity contribution in [3.8, 4) is 6.07 Å². The van der Waals surface area contributed by atoms with E-state index in [2.05, 4.69) is 0 Å². The van der Waals surface area contributed by atoms with Gasteiger partial charge in [-0.05, 0) is 72.3 Å². The van der Waals surface area contributed by atoms with Crippen molar-refractivity contribution in [3.63, 3.8) is 0 Å². The highest BCUT2D eigenvalue weighted by atomic mass is 35.5. The Bertz CT molecular complexity index is 1340. The molecule has 192 valence electrons. The summed E-state index contributed by atoms with van der Waals surface area (Å²) in [6.45, 7) is 0.726. The average Bonchev–Trinajstić information content (AvgIpc) is 3.14. The lowest BCUT2D eigenvalue weighted by Gasteiger charge is -2.25. The van der Waals surface area contributed by atoms with Crippen molar-refractivity contribution in [2.45, 2.75) is 38.3 Å². The second kappa shape index (κ2) is 9.38. The predicted molar refractivity (Wildman–Crippen MR) is 130 cm³/mol. The fourth-order valence-corrected chi connectivity index (χ4v) is 6.65. The molecule has 1 saturated carbocycles. The van der Waals surface area contributed by atoms with E-state index < -0.39 is 38.7 Å². The summed E-state index contributed by atoms with van der Waals surface area (Å²) in [7, 11) is -3.48. The molecule has 1 spiro atoms. The molecular formula is C26H26ClF3N2O3S. The number of carbonyl (C=O) groups excluding carboxylic acids is 1. The number of benzene rings is 2. The molecule has 10 heteroatoms. The summed E-state index contributed by atoms with van der Waals surface area (Å²) in [4.78, 5) is 14.1. The summed E-state index contributed by atoms with van der Waals surface area (Å²) < 4.78 is 64.5. The molecule has 1 amide bonds. The number of alkyl halides is 3. The average molecular weight is 539 g/mol. The fourth-order valence-electron chi connectivity index (χ4n) is 5.78. The first-order valence-corrected chi connectivity index (χ1v) is 14.0. The number of nitrogens with zero attached hydrogens (tertiary/aromatic N) is 2. The smallest absolute Gasteiger partial charge is 0.341 e. The number of amides is 1. The number of hydrogen-bond acceptors (Lipinski definition) is 4. The molecule has 2 fully saturated rings. The van der Waals surface area contributed by atoms with Crippen LogP contribution in [0.25, 0.3) is 0 Å². The Kier molecular flexibility index (Phi) is 6.91. The number of likely N-dealkylation sites (tertiary alicyclic amines) is 1. The van der Waals surface area contributed by atoms with E-state index in [0.29, 0.717) is 49.4 Å². The number of halogens is 4. The van der Waals surface area contributed by atoms with Gasteiger partial charge in [-0.1, -0.05) is 35.9 Å². The van der Waals surface area contributed by atoms with E-state index in [4.69, 9.17) is 16.9 Å². The van der Waals surface area contributed by atoms with Gasteiger partial charge in [0.25, 0.3) is 0 Å². The second-order valence-electron chi connectivity index (χ2n) is 10.1. The Hall–Kier alpha value is -2.57. The topological polar surface area (TPSA) is 78.2 Å². The Morgan fingerprint density at radius 1 is 1.22 bits per heavy atom. The van der Waals surface area contributed by atoms with E-state index >= 15 is 0 Å². The predicted octanol–water partition coefficient (Wildman–Crippen LogP) is 5.06. The molecule has 2 aliphatic rings. The van der Waals surface area contributed by atoms with E-state index in [1.54, 1.807) is 24.3 Å². The number of carbonyl (C=O) groups is 1. The van der Waals surface area contributed by atoms with Crippen molar-refractivity contribution in [1.29, 1.82) is 5.26 Å². The van der Waals surface area contributed by atoms with Gasteiger partial charge < -0.3 is 4.90 Å². The van der Waals surface area contributed by atoms with Gasteiger partial charge in [0.05, 0.1) is 16.1 Å². The van der Waals surface area contributed by atoms with Gasteiger partial charge in [0.1, 0.15) is 11.8 Å². The monoisotopic (exact) mass is 538 g/mol. The van der Waals surface area contributed by atoms with Gasteiger partial charge in [0.2, 0.25) is 5.91 Å². The van der Waals surface area contributed by atoms with Crippen LogP contribution in [0.4, 0.5) is 13.2 Å². The Balaban J connectivity index is 1.61. The molecule has 2 aromatic rings. The van der Waals surface area contributed by atoms with Crippen LogP contribution in [0.5, 0.6) is 0 Å². The summed E-state index contributed by atoms with van der Waals surface area (Å²) in [6.07, 6.45) is -0.860. The lowest BCUT2D eigenvalue weighted by atomic mass is 9.80. The number of rotatable bonds is 7. The van der Waals surface area contributed by atoms with E-state index in [1.807, 2.05) is 6.07 Å². The van der Waals surface area contributed by atoms with Gasteiger partial charge in [-0.15, -0.1) is 0 Å². The minimum absolute atomic E-state index is 0.209. The molecule has 2 atom stereocenters. The van der Waals surface area contributed by atoms with Crippen molar-refractivity contribution in [2.75, 3.05) is 25.1 Å². The summed E-state index contributed by atoms with van der Waals surface area (Å²) in [5.74, 6) is -1.04. The molecule has 1 unspecified atom stereocenters. The lowest BCUT2D eigenvalue weighted by Crippen LogP contribution is -2.34. The zero-order valence-corrected chi connectivity index (χ0v) is 21.3. The normalized spacial score (nSPS) is 23.6. The van der Waals surface area contributed by atoms with Crippen molar-refractivity contribution >= 4 is 27.3 Å². The fraction of sp³-hybridized carbons (Fsp3) is 0.462. The van der Waals surface area contributed by atoms with Gasteiger partial charge in [-0.2, -0.15) is 18.4 Å². The molecule has 1 heterocycles. The van der Waals surface area contributed by atoms with E-state index in [9.17, 15) is 26.4 Å². The molecule has 2 aromatic carbocycles. The number of sulfone groups is 1. The molecule has 0 aromatic heterocycles. The first-order valence-electron chi connectivity index (χ1n) is 11.6. The van der Waals surface area contributed by atoms with E-state index in [-0.39, 0.29) is 17.4 Å². The quantitative estimate of drug-likeness (QED) is 0.494. The van der Waals surface area contributed by atoms with Gasteiger partial charge in [0.15, 0.2) is 9.84 Å². The summed E-state index contributed by atoms with van der Waals surface area (Å²) in [6, 6.07) is 12.7. The van der Waals surface area contributed by atoms with Gasteiger partial charge in [-0.3, -0.25) is 4.79 Å². The maximum atomic E-state index is 13.8. The molecule has 4 rings (SSSR count). The van der Waals surface area contributed by atoms with Crippen LogP contribution in [0.15, 0.2) is 42.5 Å². The molecule has 1 aliphatic heterocycles. The van der Waals surface area contributed by atoms with Crippen LogP contribution in [0.1, 0.15) is 41.5 Å². The summed E-state index contributed by atoms with van der Waals surface area (Å²) in [5.41, 5.74) is -0.0404. The Labute approximate surface area is 213 Å². The zero-order chi connectivity index (χ0) is 26.4. The van der Waals surface area contributed by atoms with Crippen LogP contribution in [-0.4, -0.2) is 44.3 Å². The van der Waals surface area contributed by atoms with Gasteiger partial charge in [-0.25, -0.2) is 8.42 Å². The molecule has 36 heavy (non-hydrogen) atoms. The number of hydrogen-bond donors (Lipinski definition) is 0. The maximum Gasteiger partial charge on any atom is 0.416 e. The van der Waals surface area contributed by atoms with Gasteiger partial charge in [0, 0.05) is 19.3 Å². The molecule has 0 N–H and O–H groups in total. The molecule has 5 nitrogen and oxygen atoms in total. The van der Waals surface area contributed by atoms with Crippen LogP contribution in [-0.2, 0) is 33.6 Å². The first-order chi connectivity index (χ1) is 16.8. The largest absolute Gasteiger partial charge is 0.416 e. The second-order valence-corrected chi connectivity index (χ2v) is 12.7. The molecule has 1 saturated heterocycles. The van der Waals surface area contributed by atoms with Crippen molar-refractivity contribution in [1.82, 2.24) is 4.90 Å². The lowest BCUT2D eigenvalue weighted by molar-refractivity contribution is -0.138. The van der Waals surface area contributed by atoms with Crippen molar-refractivity contribution in [2.24, 2.45) is 10.8 Å². The minimum Gasteiger partial charge on any atom is -0.341 e. The molecular weight excluding hydrogens is 513 g/mol. The third-order valence-corrected chi connectivity index (χ3v) is 8.75. The summed E-state index contributed by atoms with van der Waals surface area (Å²) in [5, 5.41) is 9.45. The van der Waals surface area contributed by atoms with E-state index in [1.165, 1.54) is 17.0 Å². The van der Waals surface area contributed by atoms with Gasteiger partial charge >= 0.3 is 6.18 Å². The van der Waals surface area contributed by atoms with Crippen molar-refractivity contribution in [3.05, 3.63) is 69.7 Å². The van der Waals surface area contributed by atoms with Crippen LogP contribution < -0.4 is 0 Å². The zero-order valence-electron chi connectivity index (χ0n) is 19.7.